The third kappa shape index (κ3) is 4.06. The quantitative estimate of drug-likeness (QED) is 0.696. The number of hydrazone groups is 1. The second kappa shape index (κ2) is 6.91. The van der Waals surface area contributed by atoms with Gasteiger partial charge in [-0.3, -0.25) is 4.79 Å². The molecule has 1 N–H and O–H groups in total. The zero-order valence-corrected chi connectivity index (χ0v) is 12.3. The van der Waals surface area contributed by atoms with E-state index in [1.54, 1.807) is 24.3 Å². The average Bonchev–Trinajstić information content (AvgIpc) is 2.57. The Balaban J connectivity index is 1.56. The summed E-state index contributed by atoms with van der Waals surface area (Å²) in [5, 5.41) is 3.91. The van der Waals surface area contributed by atoms with Gasteiger partial charge in [0.05, 0.1) is 12.6 Å². The van der Waals surface area contributed by atoms with Crippen LogP contribution in [-0.2, 0) is 11.2 Å². The number of carbonyl (C=O) groups excluding carboxylic acids is 1. The number of rotatable bonds is 4. The first-order chi connectivity index (χ1) is 11.2. The van der Waals surface area contributed by atoms with Gasteiger partial charge in [0.2, 0.25) is 5.91 Å². The van der Waals surface area contributed by atoms with Gasteiger partial charge in [0, 0.05) is 0 Å². The van der Waals surface area contributed by atoms with Crippen molar-refractivity contribution in [3.05, 3.63) is 59.4 Å². The van der Waals surface area contributed by atoms with Crippen molar-refractivity contribution in [3.63, 3.8) is 0 Å². The van der Waals surface area contributed by atoms with Crippen LogP contribution in [-0.4, -0.2) is 25.3 Å². The molecule has 0 spiro atoms. The third-order valence-electron chi connectivity index (χ3n) is 3.25. The molecule has 5 nitrogen and oxygen atoms in total. The van der Waals surface area contributed by atoms with Crippen LogP contribution in [0.4, 0.5) is 4.39 Å². The molecule has 0 atom stereocenters. The normalized spacial score (nSPS) is 13.1. The number of carbonyl (C=O) groups is 1. The summed E-state index contributed by atoms with van der Waals surface area (Å²) in [5.41, 5.74) is 3.95. The van der Waals surface area contributed by atoms with Crippen LogP contribution in [0.5, 0.6) is 11.5 Å². The van der Waals surface area contributed by atoms with E-state index in [1.165, 1.54) is 18.3 Å². The Bertz CT molecular complexity index is 729. The van der Waals surface area contributed by atoms with Crippen LogP contribution < -0.4 is 14.9 Å². The molecule has 1 amide bonds. The lowest BCUT2D eigenvalue weighted by atomic mass is 10.1. The van der Waals surface area contributed by atoms with Gasteiger partial charge < -0.3 is 9.47 Å². The predicted octanol–water partition coefficient (Wildman–Crippen LogP) is 2.29. The standard InChI is InChI=1S/C17H15FN2O3/c18-14-4-1-12(2-5-14)10-17(21)20-19-11-13-3-6-15-16(9-13)23-8-7-22-15/h1-6,9,11H,7-8,10H2,(H,20,21)/b19-11+. The first kappa shape index (κ1) is 15.0. The van der Waals surface area contributed by atoms with Crippen molar-refractivity contribution in [2.24, 2.45) is 5.10 Å². The summed E-state index contributed by atoms with van der Waals surface area (Å²) in [6, 6.07) is 11.2. The minimum Gasteiger partial charge on any atom is -0.486 e. The summed E-state index contributed by atoms with van der Waals surface area (Å²) in [6.45, 7) is 1.06. The van der Waals surface area contributed by atoms with E-state index in [1.807, 2.05) is 6.07 Å². The van der Waals surface area contributed by atoms with Gasteiger partial charge in [-0.05, 0) is 41.5 Å². The Morgan fingerprint density at radius 2 is 1.87 bits per heavy atom. The van der Waals surface area contributed by atoms with Crippen LogP contribution >= 0.6 is 0 Å². The molecule has 23 heavy (non-hydrogen) atoms. The third-order valence-corrected chi connectivity index (χ3v) is 3.25. The molecule has 0 saturated heterocycles. The molecule has 1 aliphatic heterocycles. The number of halogens is 1. The van der Waals surface area contributed by atoms with Crippen LogP contribution in [0.2, 0.25) is 0 Å². The number of hydrogen-bond acceptors (Lipinski definition) is 4. The Morgan fingerprint density at radius 3 is 2.65 bits per heavy atom. The lowest BCUT2D eigenvalue weighted by Crippen LogP contribution is -2.19. The van der Waals surface area contributed by atoms with Crippen LogP contribution in [0.1, 0.15) is 11.1 Å². The molecular formula is C17H15FN2O3. The van der Waals surface area contributed by atoms with Crippen molar-refractivity contribution in [1.29, 1.82) is 0 Å². The van der Waals surface area contributed by atoms with Crippen molar-refractivity contribution in [2.45, 2.75) is 6.42 Å². The van der Waals surface area contributed by atoms with Crippen LogP contribution in [0, 0.1) is 5.82 Å². The van der Waals surface area contributed by atoms with Gasteiger partial charge in [-0.15, -0.1) is 0 Å². The monoisotopic (exact) mass is 314 g/mol. The predicted molar refractivity (Wildman–Crippen MR) is 83.3 cm³/mol. The molecule has 0 saturated carbocycles. The highest BCUT2D eigenvalue weighted by Crippen LogP contribution is 2.30. The van der Waals surface area contributed by atoms with Gasteiger partial charge in [-0.1, -0.05) is 12.1 Å². The molecule has 0 unspecified atom stereocenters. The summed E-state index contributed by atoms with van der Waals surface area (Å²) in [7, 11) is 0. The van der Waals surface area contributed by atoms with E-state index < -0.39 is 0 Å². The molecule has 3 rings (SSSR count). The van der Waals surface area contributed by atoms with Gasteiger partial charge >= 0.3 is 0 Å². The van der Waals surface area contributed by atoms with Crippen LogP contribution in [0.3, 0.4) is 0 Å². The van der Waals surface area contributed by atoms with Gasteiger partial charge in [0.25, 0.3) is 0 Å². The second-order valence-corrected chi connectivity index (χ2v) is 5.00. The lowest BCUT2D eigenvalue weighted by molar-refractivity contribution is -0.120. The molecule has 2 aromatic carbocycles. The molecule has 2 aromatic rings. The minimum absolute atomic E-state index is 0.138. The number of amides is 1. The minimum atomic E-state index is -0.328. The molecule has 6 heteroatoms. The number of fused-ring (bicyclic) bond motifs is 1. The number of hydrogen-bond donors (Lipinski definition) is 1. The van der Waals surface area contributed by atoms with Crippen molar-refractivity contribution in [3.8, 4) is 11.5 Å². The SMILES string of the molecule is O=C(Cc1ccc(F)cc1)N/N=C/c1ccc2c(c1)OCCO2. The van der Waals surface area contributed by atoms with E-state index >= 15 is 0 Å². The molecule has 0 fully saturated rings. The maximum Gasteiger partial charge on any atom is 0.244 e. The average molecular weight is 314 g/mol. The van der Waals surface area contributed by atoms with Gasteiger partial charge in [-0.25, -0.2) is 9.82 Å². The Kier molecular flexibility index (Phi) is 4.52. The number of nitrogens with one attached hydrogen (secondary N) is 1. The van der Waals surface area contributed by atoms with Crippen LogP contribution in [0.25, 0.3) is 0 Å². The number of ether oxygens (including phenoxy) is 2. The first-order valence-electron chi connectivity index (χ1n) is 7.17. The maximum absolute atomic E-state index is 12.8. The van der Waals surface area contributed by atoms with E-state index in [4.69, 9.17) is 9.47 Å². The zero-order valence-electron chi connectivity index (χ0n) is 12.3. The van der Waals surface area contributed by atoms with Crippen molar-refractivity contribution in [2.75, 3.05) is 13.2 Å². The zero-order chi connectivity index (χ0) is 16.1. The largest absolute Gasteiger partial charge is 0.486 e. The van der Waals surface area contributed by atoms with E-state index in [2.05, 4.69) is 10.5 Å². The fourth-order valence-corrected chi connectivity index (χ4v) is 2.15. The second-order valence-electron chi connectivity index (χ2n) is 5.00. The molecule has 0 bridgehead atoms. The fourth-order valence-electron chi connectivity index (χ4n) is 2.15. The van der Waals surface area contributed by atoms with E-state index in [0.29, 0.717) is 24.7 Å². The van der Waals surface area contributed by atoms with Crippen LogP contribution in [0.15, 0.2) is 47.6 Å². The molecular weight excluding hydrogens is 299 g/mol. The molecule has 0 aromatic heterocycles. The Hall–Kier alpha value is -2.89. The van der Waals surface area contributed by atoms with E-state index in [-0.39, 0.29) is 18.1 Å². The Morgan fingerprint density at radius 1 is 1.13 bits per heavy atom. The van der Waals surface area contributed by atoms with Crippen molar-refractivity contribution < 1.29 is 18.7 Å². The summed E-state index contributed by atoms with van der Waals surface area (Å²) in [4.78, 5) is 11.8. The maximum atomic E-state index is 12.8. The number of benzene rings is 2. The molecule has 0 aliphatic carbocycles. The highest BCUT2D eigenvalue weighted by atomic mass is 19.1. The molecule has 118 valence electrons. The fraction of sp³-hybridized carbons (Fsp3) is 0.176. The topological polar surface area (TPSA) is 59.9 Å². The summed E-state index contributed by atoms with van der Waals surface area (Å²) >= 11 is 0. The molecule has 1 heterocycles. The molecule has 1 aliphatic rings. The smallest absolute Gasteiger partial charge is 0.244 e. The first-order valence-corrected chi connectivity index (χ1v) is 7.17. The van der Waals surface area contributed by atoms with Crippen molar-refractivity contribution in [1.82, 2.24) is 5.43 Å². The summed E-state index contributed by atoms with van der Waals surface area (Å²) < 4.78 is 23.7. The highest BCUT2D eigenvalue weighted by Gasteiger charge is 2.10. The highest BCUT2D eigenvalue weighted by molar-refractivity contribution is 5.84. The lowest BCUT2D eigenvalue weighted by Gasteiger charge is -2.18. The van der Waals surface area contributed by atoms with Crippen molar-refractivity contribution >= 4 is 12.1 Å². The van der Waals surface area contributed by atoms with Gasteiger partial charge in [0.1, 0.15) is 19.0 Å². The summed E-state index contributed by atoms with van der Waals surface area (Å²) in [6.07, 6.45) is 1.67. The van der Waals surface area contributed by atoms with Gasteiger partial charge in [-0.2, -0.15) is 5.10 Å². The summed E-state index contributed by atoms with van der Waals surface area (Å²) in [5.74, 6) is 0.766. The van der Waals surface area contributed by atoms with Gasteiger partial charge in [0.15, 0.2) is 11.5 Å². The Labute approximate surface area is 132 Å². The van der Waals surface area contributed by atoms with E-state index in [0.717, 1.165) is 11.1 Å². The van der Waals surface area contributed by atoms with E-state index in [9.17, 15) is 9.18 Å². The molecule has 0 radical (unpaired) electrons. The number of nitrogens with zero attached hydrogens (tertiary/aromatic N) is 1.